The normalized spacial score (nSPS) is 15.9. The maximum Gasteiger partial charge on any atom is 0.183 e. The van der Waals surface area contributed by atoms with Crippen molar-refractivity contribution in [3.05, 3.63) is 70.7 Å². The van der Waals surface area contributed by atoms with Crippen LogP contribution in [0.4, 0.5) is 11.4 Å². The highest BCUT2D eigenvalue weighted by atomic mass is 32.2. The van der Waals surface area contributed by atoms with Crippen LogP contribution >= 0.6 is 23.5 Å². The van der Waals surface area contributed by atoms with Gasteiger partial charge in [-0.2, -0.15) is 0 Å². The van der Waals surface area contributed by atoms with Gasteiger partial charge in [0, 0.05) is 45.9 Å². The van der Waals surface area contributed by atoms with Gasteiger partial charge in [-0.1, -0.05) is 47.8 Å². The van der Waals surface area contributed by atoms with Gasteiger partial charge in [-0.15, -0.1) is 12.8 Å². The van der Waals surface area contributed by atoms with Gasteiger partial charge in [-0.3, -0.25) is 14.6 Å². The molecule has 0 fully saturated rings. The molecule has 0 spiro atoms. The number of carbonyl (C=O) groups excluding carboxylic acids is 1. The zero-order valence-electron chi connectivity index (χ0n) is 15.5. The van der Waals surface area contributed by atoms with Gasteiger partial charge >= 0.3 is 0 Å². The number of anilines is 2. The molecule has 2 aliphatic heterocycles. The van der Waals surface area contributed by atoms with Crippen LogP contribution in [0.5, 0.6) is 0 Å². The van der Waals surface area contributed by atoms with E-state index in [0.29, 0.717) is 10.1 Å². The fraction of sp³-hybridized carbons (Fsp3) is 0. The minimum Gasteiger partial charge on any atom is -0.290 e. The number of hydrogen-bond acceptors (Lipinski definition) is 5. The summed E-state index contributed by atoms with van der Waals surface area (Å²) in [6.45, 7) is 0. The van der Waals surface area contributed by atoms with Crippen LogP contribution in [0.15, 0.2) is 80.5 Å². The smallest absolute Gasteiger partial charge is 0.183 e. The molecule has 140 valence electrons. The maximum absolute atomic E-state index is 12.9. The number of nitrogens with zero attached hydrogens (tertiary/aromatic N) is 2. The van der Waals surface area contributed by atoms with Gasteiger partial charge in [-0.25, -0.2) is 0 Å². The second-order valence-electron chi connectivity index (χ2n) is 5.94. The van der Waals surface area contributed by atoms with E-state index in [1.165, 1.54) is 23.5 Å². The average Bonchev–Trinajstić information content (AvgIpc) is 3.27. The third-order valence-electron chi connectivity index (χ3n) is 4.09. The first-order chi connectivity index (χ1) is 14.7. The molecule has 0 N–H and O–H groups in total. The molecule has 2 aromatic rings. The van der Waals surface area contributed by atoms with Gasteiger partial charge in [-0.05, 0) is 36.1 Å². The van der Waals surface area contributed by atoms with Gasteiger partial charge < -0.3 is 0 Å². The molecule has 3 nitrogen and oxygen atoms in total. The summed E-state index contributed by atoms with van der Waals surface area (Å²) in [7, 11) is 0. The average molecular weight is 421 g/mol. The summed E-state index contributed by atoms with van der Waals surface area (Å²) in [5.74, 6) is 9.70. The van der Waals surface area contributed by atoms with Crippen LogP contribution < -0.4 is 9.80 Å². The van der Waals surface area contributed by atoms with Crippen molar-refractivity contribution in [2.45, 2.75) is 9.79 Å². The summed E-state index contributed by atoms with van der Waals surface area (Å²) in [5, 5.41) is 1.39. The van der Waals surface area contributed by atoms with E-state index in [1.54, 1.807) is 22.0 Å². The number of allylic oxidation sites excluding steroid dienone is 2. The third-order valence-corrected chi connectivity index (χ3v) is 6.24. The Bertz CT molecular complexity index is 1220. The molecule has 0 unspecified atom stereocenters. The molecular weight excluding hydrogens is 408 g/mol. The summed E-state index contributed by atoms with van der Waals surface area (Å²) in [5.41, 5.74) is 1.81. The Hall–Kier alpha value is -3.87. The van der Waals surface area contributed by atoms with Crippen LogP contribution in [-0.2, 0) is 4.79 Å². The van der Waals surface area contributed by atoms with Crippen LogP contribution in [0.1, 0.15) is 0 Å². The summed E-state index contributed by atoms with van der Waals surface area (Å²) >= 11 is 2.95. The van der Waals surface area contributed by atoms with Crippen molar-refractivity contribution in [3.8, 4) is 48.6 Å². The standard InChI is InChI=1S/C25H12N2OS2/c1-3-5-15-26-20-11-7-9-13-22(20)29-24(26)17-19(28)18-25-27(16-6-4-2)21-12-8-10-14-23(21)30-25/h1-2,7-14,17-18H/b24-17-,25-18-. The van der Waals surface area contributed by atoms with Crippen molar-refractivity contribution in [2.75, 3.05) is 9.80 Å². The van der Waals surface area contributed by atoms with Crippen molar-refractivity contribution >= 4 is 40.7 Å². The molecular formula is C25H12N2OS2. The fourth-order valence-corrected chi connectivity index (χ4v) is 4.98. The summed E-state index contributed by atoms with van der Waals surface area (Å²) in [4.78, 5) is 18.4. The van der Waals surface area contributed by atoms with Crippen LogP contribution in [-0.4, -0.2) is 5.78 Å². The minimum absolute atomic E-state index is 0.180. The molecule has 0 bridgehead atoms. The molecule has 0 atom stereocenters. The van der Waals surface area contributed by atoms with Crippen molar-refractivity contribution < 1.29 is 4.79 Å². The Morgan fingerprint density at radius 1 is 0.767 bits per heavy atom. The van der Waals surface area contributed by atoms with Crippen LogP contribution in [0, 0.1) is 48.6 Å². The summed E-state index contributed by atoms with van der Waals surface area (Å²) in [6, 6.07) is 21.4. The third kappa shape index (κ3) is 3.82. The molecule has 0 aliphatic carbocycles. The Labute approximate surface area is 184 Å². The zero-order chi connectivity index (χ0) is 20.9. The second kappa shape index (κ2) is 8.65. The molecule has 0 saturated carbocycles. The molecule has 0 radical (unpaired) electrons. The largest absolute Gasteiger partial charge is 0.290 e. The summed E-state index contributed by atoms with van der Waals surface area (Å²) in [6.07, 6.45) is 13.7. The van der Waals surface area contributed by atoms with Crippen LogP contribution in [0.3, 0.4) is 0 Å². The molecule has 2 aliphatic rings. The molecule has 4 rings (SSSR count). The zero-order valence-corrected chi connectivity index (χ0v) is 17.2. The van der Waals surface area contributed by atoms with Crippen molar-refractivity contribution in [1.29, 1.82) is 0 Å². The first kappa shape index (κ1) is 19.4. The highest BCUT2D eigenvalue weighted by molar-refractivity contribution is 8.04. The van der Waals surface area contributed by atoms with E-state index in [4.69, 9.17) is 12.8 Å². The predicted octanol–water partition coefficient (Wildman–Crippen LogP) is 4.65. The number of hydrogen-bond donors (Lipinski definition) is 0. The highest BCUT2D eigenvalue weighted by Crippen LogP contribution is 2.47. The summed E-state index contributed by atoms with van der Waals surface area (Å²) < 4.78 is 0. The SMILES string of the molecule is C#CC#CN1/C(=C/C(=O)/C=C2\Sc3ccccc3N2C#CC#C)Sc2ccccc21. The first-order valence-electron chi connectivity index (χ1n) is 8.75. The molecule has 30 heavy (non-hydrogen) atoms. The molecule has 2 aromatic carbocycles. The Balaban J connectivity index is 1.67. The van der Waals surface area contributed by atoms with Crippen molar-refractivity contribution in [2.24, 2.45) is 0 Å². The van der Waals surface area contributed by atoms with Crippen LogP contribution in [0.25, 0.3) is 0 Å². The Morgan fingerprint density at radius 3 is 1.63 bits per heavy atom. The van der Waals surface area contributed by atoms with E-state index in [-0.39, 0.29) is 5.78 Å². The molecule has 2 heterocycles. The van der Waals surface area contributed by atoms with E-state index in [1.807, 2.05) is 48.5 Å². The van der Waals surface area contributed by atoms with Gasteiger partial charge in [0.1, 0.15) is 0 Å². The van der Waals surface area contributed by atoms with Gasteiger partial charge in [0.15, 0.2) is 5.78 Å². The maximum atomic E-state index is 12.9. The lowest BCUT2D eigenvalue weighted by Gasteiger charge is -2.12. The second-order valence-corrected chi connectivity index (χ2v) is 8.06. The van der Waals surface area contributed by atoms with Gasteiger partial charge in [0.05, 0.1) is 21.4 Å². The lowest BCUT2D eigenvalue weighted by molar-refractivity contribution is -0.110. The number of ketones is 1. The highest BCUT2D eigenvalue weighted by Gasteiger charge is 2.26. The van der Waals surface area contributed by atoms with Gasteiger partial charge in [0.2, 0.25) is 0 Å². The van der Waals surface area contributed by atoms with E-state index in [2.05, 4.69) is 35.8 Å². The lowest BCUT2D eigenvalue weighted by Crippen LogP contribution is -2.12. The number of thioether (sulfide) groups is 2. The Morgan fingerprint density at radius 2 is 1.20 bits per heavy atom. The number of fused-ring (bicyclic) bond motifs is 2. The topological polar surface area (TPSA) is 23.6 Å². The fourth-order valence-electron chi connectivity index (χ4n) is 2.89. The number of para-hydroxylation sites is 2. The van der Waals surface area contributed by atoms with Gasteiger partial charge in [0.25, 0.3) is 0 Å². The predicted molar refractivity (Wildman–Crippen MR) is 124 cm³/mol. The van der Waals surface area contributed by atoms with E-state index >= 15 is 0 Å². The number of terminal acetylenes is 2. The molecule has 0 saturated heterocycles. The minimum atomic E-state index is -0.180. The van der Waals surface area contributed by atoms with Crippen molar-refractivity contribution in [1.82, 2.24) is 0 Å². The van der Waals surface area contributed by atoms with E-state index in [0.717, 1.165) is 21.2 Å². The quantitative estimate of drug-likeness (QED) is 0.520. The van der Waals surface area contributed by atoms with Crippen LogP contribution in [0.2, 0.25) is 0 Å². The number of carbonyl (C=O) groups is 1. The Kier molecular flexibility index (Phi) is 5.61. The molecule has 5 heteroatoms. The number of rotatable bonds is 2. The van der Waals surface area contributed by atoms with E-state index < -0.39 is 0 Å². The van der Waals surface area contributed by atoms with Crippen molar-refractivity contribution in [3.63, 3.8) is 0 Å². The number of benzene rings is 2. The molecule has 0 amide bonds. The lowest BCUT2D eigenvalue weighted by atomic mass is 10.3. The first-order valence-corrected chi connectivity index (χ1v) is 10.4. The monoisotopic (exact) mass is 420 g/mol. The molecule has 0 aromatic heterocycles. The van der Waals surface area contributed by atoms with E-state index in [9.17, 15) is 4.79 Å².